The molecule has 114 valence electrons. The Kier molecular flexibility index (Phi) is 4.35. The van der Waals surface area contributed by atoms with Gasteiger partial charge in [-0.25, -0.2) is 9.78 Å². The summed E-state index contributed by atoms with van der Waals surface area (Å²) in [5, 5.41) is 0. The molecule has 0 aliphatic heterocycles. The maximum atomic E-state index is 12.1. The fourth-order valence-electron chi connectivity index (χ4n) is 2.44. The lowest BCUT2D eigenvalue weighted by Crippen LogP contribution is -2.23. The number of anilines is 1. The van der Waals surface area contributed by atoms with E-state index >= 15 is 0 Å². The van der Waals surface area contributed by atoms with Crippen LogP contribution in [0.4, 0.5) is 5.95 Å². The molecular weight excluding hydrogens is 270 g/mol. The third-order valence-corrected chi connectivity index (χ3v) is 3.40. The van der Waals surface area contributed by atoms with Gasteiger partial charge in [-0.05, 0) is 24.5 Å². The van der Waals surface area contributed by atoms with Crippen molar-refractivity contribution in [1.82, 2.24) is 9.55 Å². The van der Waals surface area contributed by atoms with Gasteiger partial charge in [-0.15, -0.1) is 0 Å². The minimum absolute atomic E-state index is 0.300. The van der Waals surface area contributed by atoms with Crippen LogP contribution in [-0.2, 0) is 9.53 Å². The summed E-state index contributed by atoms with van der Waals surface area (Å²) in [6.45, 7) is 4.10. The summed E-state index contributed by atoms with van der Waals surface area (Å²) in [5.74, 6) is 1.01. The van der Waals surface area contributed by atoms with E-state index in [0.29, 0.717) is 29.6 Å². The highest BCUT2D eigenvalue weighted by atomic mass is 16.5. The molecule has 2 aromatic rings. The van der Waals surface area contributed by atoms with Gasteiger partial charge in [-0.3, -0.25) is 4.57 Å². The molecule has 0 radical (unpaired) electrons. The molecule has 1 unspecified atom stereocenters. The summed E-state index contributed by atoms with van der Waals surface area (Å²) in [6, 6.07) is 5.00. The minimum atomic E-state index is -0.478. The second-order valence-electron chi connectivity index (χ2n) is 5.36. The van der Waals surface area contributed by atoms with E-state index in [2.05, 4.69) is 4.98 Å². The van der Waals surface area contributed by atoms with Crippen molar-refractivity contribution in [2.75, 3.05) is 20.0 Å². The van der Waals surface area contributed by atoms with Crippen LogP contribution in [0.25, 0.3) is 11.0 Å². The Labute approximate surface area is 123 Å². The normalized spacial score (nSPS) is 12.6. The van der Waals surface area contributed by atoms with Crippen molar-refractivity contribution >= 4 is 23.0 Å². The lowest BCUT2D eigenvalue weighted by Gasteiger charge is -2.20. The largest absolute Gasteiger partial charge is 0.497 e. The molecule has 0 saturated carbocycles. The summed E-state index contributed by atoms with van der Waals surface area (Å²) in [5.41, 5.74) is 7.51. The van der Waals surface area contributed by atoms with Crippen LogP contribution in [0.2, 0.25) is 0 Å². The molecule has 0 spiro atoms. The molecule has 0 aliphatic rings. The van der Waals surface area contributed by atoms with Crippen molar-refractivity contribution in [2.45, 2.75) is 26.3 Å². The number of carbonyl (C=O) groups excluding carboxylic acids is 1. The molecule has 0 aliphatic carbocycles. The summed E-state index contributed by atoms with van der Waals surface area (Å²) in [7, 11) is 2.98. The van der Waals surface area contributed by atoms with Gasteiger partial charge in [0.2, 0.25) is 5.95 Å². The quantitative estimate of drug-likeness (QED) is 0.856. The number of esters is 1. The topological polar surface area (TPSA) is 79.4 Å². The second kappa shape index (κ2) is 6.03. The van der Waals surface area contributed by atoms with E-state index in [-0.39, 0.29) is 5.97 Å². The zero-order valence-electron chi connectivity index (χ0n) is 12.8. The number of nitrogens with zero attached hydrogens (tertiary/aromatic N) is 2. The van der Waals surface area contributed by atoms with E-state index in [4.69, 9.17) is 15.2 Å². The number of hydrogen-bond acceptors (Lipinski definition) is 5. The number of ether oxygens (including phenoxy) is 2. The van der Waals surface area contributed by atoms with Crippen molar-refractivity contribution in [3.05, 3.63) is 18.2 Å². The van der Waals surface area contributed by atoms with Crippen LogP contribution in [0.5, 0.6) is 5.75 Å². The van der Waals surface area contributed by atoms with Crippen molar-refractivity contribution < 1.29 is 14.3 Å². The number of hydrogen-bond donors (Lipinski definition) is 1. The standard InChI is InChI=1S/C15H21N3O3/c1-9(2)7-13(14(19)21-4)18-12-6-5-10(20-3)8-11(12)17-15(18)16/h5-6,8-9,13H,7H2,1-4H3,(H2,16,17). The lowest BCUT2D eigenvalue weighted by molar-refractivity contribution is -0.145. The molecule has 6 heteroatoms. The van der Waals surface area contributed by atoms with E-state index in [9.17, 15) is 4.79 Å². The molecular formula is C15H21N3O3. The van der Waals surface area contributed by atoms with Gasteiger partial charge in [-0.1, -0.05) is 13.8 Å². The average Bonchev–Trinajstić information content (AvgIpc) is 2.78. The maximum absolute atomic E-state index is 12.1. The summed E-state index contributed by atoms with van der Waals surface area (Å²) >= 11 is 0. The minimum Gasteiger partial charge on any atom is -0.497 e. The predicted molar refractivity (Wildman–Crippen MR) is 81.2 cm³/mol. The van der Waals surface area contributed by atoms with Crippen molar-refractivity contribution in [3.8, 4) is 5.75 Å². The Bertz CT molecular complexity index is 649. The number of methoxy groups -OCH3 is 2. The number of carbonyl (C=O) groups is 1. The number of nitrogen functional groups attached to an aromatic ring is 1. The monoisotopic (exact) mass is 291 g/mol. The fourth-order valence-corrected chi connectivity index (χ4v) is 2.44. The number of fused-ring (bicyclic) bond motifs is 1. The van der Waals surface area contributed by atoms with Gasteiger partial charge in [0, 0.05) is 6.07 Å². The van der Waals surface area contributed by atoms with Crippen LogP contribution in [0.15, 0.2) is 18.2 Å². The van der Waals surface area contributed by atoms with Gasteiger partial charge in [-0.2, -0.15) is 0 Å². The molecule has 0 bridgehead atoms. The van der Waals surface area contributed by atoms with E-state index in [1.54, 1.807) is 17.7 Å². The first-order valence-electron chi connectivity index (χ1n) is 6.87. The zero-order valence-corrected chi connectivity index (χ0v) is 12.8. The highest BCUT2D eigenvalue weighted by Gasteiger charge is 2.26. The molecule has 2 N–H and O–H groups in total. The maximum Gasteiger partial charge on any atom is 0.328 e. The number of benzene rings is 1. The number of aromatic nitrogens is 2. The van der Waals surface area contributed by atoms with Gasteiger partial charge in [0.1, 0.15) is 11.8 Å². The van der Waals surface area contributed by atoms with Crippen molar-refractivity contribution in [3.63, 3.8) is 0 Å². The smallest absolute Gasteiger partial charge is 0.328 e. The highest BCUT2D eigenvalue weighted by molar-refractivity contribution is 5.84. The second-order valence-corrected chi connectivity index (χ2v) is 5.36. The SMILES string of the molecule is COC(=O)C(CC(C)C)n1c(N)nc2cc(OC)ccc21. The Morgan fingerprint density at radius 1 is 1.38 bits per heavy atom. The first kappa shape index (κ1) is 15.2. The number of nitrogens with two attached hydrogens (primary N) is 1. The number of imidazole rings is 1. The van der Waals surface area contributed by atoms with Crippen LogP contribution in [-0.4, -0.2) is 29.7 Å². The Morgan fingerprint density at radius 2 is 2.10 bits per heavy atom. The van der Waals surface area contributed by atoms with Gasteiger partial charge in [0.15, 0.2) is 0 Å². The van der Waals surface area contributed by atoms with E-state index in [0.717, 1.165) is 5.52 Å². The van der Waals surface area contributed by atoms with Crippen LogP contribution in [0.3, 0.4) is 0 Å². The predicted octanol–water partition coefficient (Wildman–Crippen LogP) is 2.39. The zero-order chi connectivity index (χ0) is 15.6. The van der Waals surface area contributed by atoms with Gasteiger partial charge in [0.25, 0.3) is 0 Å². The molecule has 0 saturated heterocycles. The Morgan fingerprint density at radius 3 is 2.67 bits per heavy atom. The first-order chi connectivity index (χ1) is 9.97. The van der Waals surface area contributed by atoms with Crippen LogP contribution in [0.1, 0.15) is 26.3 Å². The van der Waals surface area contributed by atoms with Crippen LogP contribution in [0, 0.1) is 5.92 Å². The van der Waals surface area contributed by atoms with E-state index in [1.807, 2.05) is 26.0 Å². The van der Waals surface area contributed by atoms with Gasteiger partial charge < -0.3 is 15.2 Å². The van der Waals surface area contributed by atoms with Gasteiger partial charge >= 0.3 is 5.97 Å². The van der Waals surface area contributed by atoms with Crippen molar-refractivity contribution in [2.24, 2.45) is 5.92 Å². The van der Waals surface area contributed by atoms with Gasteiger partial charge in [0.05, 0.1) is 25.3 Å². The molecule has 1 aromatic carbocycles. The van der Waals surface area contributed by atoms with E-state index in [1.165, 1.54) is 7.11 Å². The lowest BCUT2D eigenvalue weighted by atomic mass is 10.0. The molecule has 0 fully saturated rings. The Balaban J connectivity index is 2.56. The molecule has 21 heavy (non-hydrogen) atoms. The van der Waals surface area contributed by atoms with Crippen LogP contribution >= 0.6 is 0 Å². The molecule has 2 rings (SSSR count). The molecule has 6 nitrogen and oxygen atoms in total. The molecule has 1 heterocycles. The summed E-state index contributed by atoms with van der Waals surface area (Å²) in [6.07, 6.45) is 0.633. The third-order valence-electron chi connectivity index (χ3n) is 3.40. The van der Waals surface area contributed by atoms with Crippen LogP contribution < -0.4 is 10.5 Å². The summed E-state index contributed by atoms with van der Waals surface area (Å²) < 4.78 is 11.8. The summed E-state index contributed by atoms with van der Waals surface area (Å²) in [4.78, 5) is 16.4. The van der Waals surface area contributed by atoms with Crippen molar-refractivity contribution in [1.29, 1.82) is 0 Å². The molecule has 1 atom stereocenters. The van der Waals surface area contributed by atoms with E-state index < -0.39 is 6.04 Å². The Hall–Kier alpha value is -2.24. The fraction of sp³-hybridized carbons (Fsp3) is 0.467. The molecule has 1 aromatic heterocycles. The molecule has 0 amide bonds. The third kappa shape index (κ3) is 2.94. The number of rotatable bonds is 5. The average molecular weight is 291 g/mol. The highest BCUT2D eigenvalue weighted by Crippen LogP contribution is 2.29. The first-order valence-corrected chi connectivity index (χ1v) is 6.87.